The molecule has 5 heterocycles. The number of rotatable bonds is 6. The Kier molecular flexibility index (Phi) is 7.35. The van der Waals surface area contributed by atoms with E-state index in [1.807, 2.05) is 61.5 Å². The molecular formula is C33H34N8O3S. The number of urea groups is 1. The lowest BCUT2D eigenvalue weighted by molar-refractivity contribution is 0.0342. The maximum atomic E-state index is 13.9. The number of amides is 3. The first-order valence-corrected chi connectivity index (χ1v) is 15.7. The maximum absolute atomic E-state index is 13.9. The van der Waals surface area contributed by atoms with Gasteiger partial charge in [-0.25, -0.2) is 24.3 Å². The highest BCUT2D eigenvalue weighted by Gasteiger charge is 2.36. The maximum Gasteiger partial charge on any atom is 0.333 e. The molecule has 7 rings (SSSR count). The van der Waals surface area contributed by atoms with Crippen LogP contribution in [0, 0.1) is 6.92 Å². The van der Waals surface area contributed by atoms with Gasteiger partial charge >= 0.3 is 6.03 Å². The summed E-state index contributed by atoms with van der Waals surface area (Å²) in [6.45, 7) is 12.4. The lowest BCUT2D eigenvalue weighted by Crippen LogP contribution is -2.36. The van der Waals surface area contributed by atoms with E-state index in [2.05, 4.69) is 46.3 Å². The second kappa shape index (κ2) is 11.4. The number of ether oxygens (including phenoxy) is 1. The summed E-state index contributed by atoms with van der Waals surface area (Å²) in [5.41, 5.74) is 4.73. The molecule has 1 saturated heterocycles. The zero-order chi connectivity index (χ0) is 31.3. The standard InChI is InChI=1S/C33H34N8O3S/c1-20-5-11-23(12-6-20)41-25(17-24(38-41)33(2,3)4)40-29-26-27(37-32(40)43)28(45-31(26)35-19-34-29)30(42)36-22-9-7-21(8-10-22)18-39-13-15-44-16-14-39/h5-12,17,19H,13-16,18H2,1-4H3,(H,36,42)(H,37,43). The molecule has 0 aliphatic carbocycles. The summed E-state index contributed by atoms with van der Waals surface area (Å²) in [5.74, 6) is 0.616. The molecule has 45 heavy (non-hydrogen) atoms. The number of nitrogens with zero attached hydrogens (tertiary/aromatic N) is 6. The predicted octanol–water partition coefficient (Wildman–Crippen LogP) is 6.25. The average molecular weight is 623 g/mol. The van der Waals surface area contributed by atoms with Crippen molar-refractivity contribution in [1.29, 1.82) is 0 Å². The second-order valence-corrected chi connectivity index (χ2v) is 13.4. The van der Waals surface area contributed by atoms with Crippen LogP contribution in [0.5, 0.6) is 0 Å². The molecule has 12 heteroatoms. The largest absolute Gasteiger partial charge is 0.379 e. The summed E-state index contributed by atoms with van der Waals surface area (Å²) >= 11 is 1.22. The van der Waals surface area contributed by atoms with E-state index in [9.17, 15) is 9.59 Å². The molecular weight excluding hydrogens is 588 g/mol. The van der Waals surface area contributed by atoms with Crippen molar-refractivity contribution in [2.24, 2.45) is 0 Å². The fraction of sp³-hybridized carbons (Fsp3) is 0.303. The Morgan fingerprint density at radius 2 is 1.78 bits per heavy atom. The number of aryl methyl sites for hydroxylation is 1. The molecule has 0 bridgehead atoms. The number of anilines is 4. The third kappa shape index (κ3) is 5.56. The van der Waals surface area contributed by atoms with Crippen LogP contribution in [0.4, 0.5) is 27.8 Å². The van der Waals surface area contributed by atoms with Crippen LogP contribution in [0.15, 0.2) is 60.9 Å². The van der Waals surface area contributed by atoms with Gasteiger partial charge in [-0.2, -0.15) is 5.10 Å². The number of hydrogen-bond donors (Lipinski definition) is 2. The second-order valence-electron chi connectivity index (χ2n) is 12.4. The van der Waals surface area contributed by atoms with E-state index < -0.39 is 6.03 Å². The van der Waals surface area contributed by atoms with Crippen molar-refractivity contribution in [2.45, 2.75) is 39.7 Å². The molecule has 2 aromatic carbocycles. The first-order chi connectivity index (χ1) is 21.7. The van der Waals surface area contributed by atoms with Crippen molar-refractivity contribution >= 4 is 56.5 Å². The van der Waals surface area contributed by atoms with Gasteiger partial charge in [0.1, 0.15) is 21.9 Å². The SMILES string of the molecule is Cc1ccc(-n2nc(C(C)(C)C)cc2N2C(=O)Nc3c(C(=O)Nc4ccc(CN5CCOCC5)cc4)sc4ncnc2c34)cc1. The summed E-state index contributed by atoms with van der Waals surface area (Å²) in [6.07, 6.45) is 1.43. The fourth-order valence-corrected chi connectivity index (χ4v) is 6.50. The monoisotopic (exact) mass is 622 g/mol. The Morgan fingerprint density at radius 3 is 2.49 bits per heavy atom. The van der Waals surface area contributed by atoms with Crippen LogP contribution in [0.2, 0.25) is 0 Å². The first kappa shape index (κ1) is 29.1. The van der Waals surface area contributed by atoms with Gasteiger partial charge in [-0.1, -0.05) is 50.6 Å². The third-order valence-electron chi connectivity index (χ3n) is 8.01. The van der Waals surface area contributed by atoms with Crippen LogP contribution in [-0.2, 0) is 16.7 Å². The lowest BCUT2D eigenvalue weighted by Gasteiger charge is -2.27. The Bertz CT molecular complexity index is 1900. The summed E-state index contributed by atoms with van der Waals surface area (Å²) < 4.78 is 7.21. The summed E-state index contributed by atoms with van der Waals surface area (Å²) in [6, 6.07) is 17.3. The topological polar surface area (TPSA) is 118 Å². The normalized spacial score (nSPS) is 15.4. The molecule has 3 aromatic heterocycles. The van der Waals surface area contributed by atoms with Crippen LogP contribution in [0.3, 0.4) is 0 Å². The molecule has 11 nitrogen and oxygen atoms in total. The predicted molar refractivity (Wildman–Crippen MR) is 176 cm³/mol. The molecule has 5 aromatic rings. The molecule has 0 unspecified atom stereocenters. The number of nitrogens with one attached hydrogen (secondary N) is 2. The number of hydrogen-bond acceptors (Lipinski definition) is 8. The smallest absolute Gasteiger partial charge is 0.333 e. The van der Waals surface area contributed by atoms with Crippen molar-refractivity contribution in [3.05, 3.63) is 82.6 Å². The quantitative estimate of drug-likeness (QED) is 0.230. The molecule has 0 radical (unpaired) electrons. The highest BCUT2D eigenvalue weighted by Crippen LogP contribution is 2.45. The minimum absolute atomic E-state index is 0.266. The highest BCUT2D eigenvalue weighted by atomic mass is 32.1. The van der Waals surface area contributed by atoms with Crippen LogP contribution in [0.25, 0.3) is 15.9 Å². The van der Waals surface area contributed by atoms with Crippen molar-refractivity contribution in [3.8, 4) is 5.69 Å². The molecule has 0 spiro atoms. The van der Waals surface area contributed by atoms with Crippen LogP contribution < -0.4 is 15.5 Å². The van der Waals surface area contributed by atoms with Gasteiger partial charge in [0.15, 0.2) is 5.82 Å². The van der Waals surface area contributed by atoms with Crippen molar-refractivity contribution in [2.75, 3.05) is 41.8 Å². The minimum atomic E-state index is -0.434. The molecule has 1 fully saturated rings. The Hall–Kier alpha value is -4.65. The molecule has 2 aliphatic rings. The number of carbonyl (C=O) groups excluding carboxylic acids is 2. The number of thiophene rings is 1. The molecule has 2 N–H and O–H groups in total. The van der Waals surface area contributed by atoms with Crippen molar-refractivity contribution in [3.63, 3.8) is 0 Å². The Morgan fingerprint density at radius 1 is 1.04 bits per heavy atom. The van der Waals surface area contributed by atoms with E-state index in [-0.39, 0.29) is 11.3 Å². The zero-order valence-corrected chi connectivity index (χ0v) is 26.4. The summed E-state index contributed by atoms with van der Waals surface area (Å²) in [4.78, 5) is 41.3. The van der Waals surface area contributed by atoms with E-state index in [1.54, 1.807) is 4.68 Å². The van der Waals surface area contributed by atoms with Gasteiger partial charge in [-0.05, 0) is 36.8 Å². The Labute approximate surface area is 264 Å². The van der Waals surface area contributed by atoms with E-state index in [0.29, 0.717) is 38.1 Å². The van der Waals surface area contributed by atoms with E-state index >= 15 is 0 Å². The molecule has 230 valence electrons. The van der Waals surface area contributed by atoms with Gasteiger partial charge in [0.25, 0.3) is 5.91 Å². The van der Waals surface area contributed by atoms with Gasteiger partial charge in [-0.15, -0.1) is 11.3 Å². The fourth-order valence-electron chi connectivity index (χ4n) is 5.51. The van der Waals surface area contributed by atoms with Crippen molar-refractivity contribution < 1.29 is 14.3 Å². The van der Waals surface area contributed by atoms with Gasteiger partial charge in [0.05, 0.1) is 35.7 Å². The zero-order valence-electron chi connectivity index (χ0n) is 25.6. The van der Waals surface area contributed by atoms with E-state index in [0.717, 1.165) is 49.8 Å². The van der Waals surface area contributed by atoms with Crippen LogP contribution in [-0.4, -0.2) is 62.9 Å². The minimum Gasteiger partial charge on any atom is -0.379 e. The van der Waals surface area contributed by atoms with E-state index in [4.69, 9.17) is 9.84 Å². The van der Waals surface area contributed by atoms with Crippen LogP contribution >= 0.6 is 11.3 Å². The highest BCUT2D eigenvalue weighted by molar-refractivity contribution is 7.21. The summed E-state index contributed by atoms with van der Waals surface area (Å²) in [7, 11) is 0. The Balaban J connectivity index is 1.22. The van der Waals surface area contributed by atoms with Crippen LogP contribution in [0.1, 0.15) is 47.3 Å². The van der Waals surface area contributed by atoms with Gasteiger partial charge in [-0.3, -0.25) is 9.69 Å². The number of morpholine rings is 1. The first-order valence-electron chi connectivity index (χ1n) is 14.9. The summed E-state index contributed by atoms with van der Waals surface area (Å²) in [5, 5.41) is 11.5. The van der Waals surface area contributed by atoms with E-state index in [1.165, 1.54) is 28.1 Å². The molecule has 0 saturated carbocycles. The molecule has 0 atom stereocenters. The number of aromatic nitrogens is 4. The lowest BCUT2D eigenvalue weighted by atomic mass is 9.92. The number of benzene rings is 2. The molecule has 2 aliphatic heterocycles. The molecule has 3 amide bonds. The average Bonchev–Trinajstić information content (AvgIpc) is 3.63. The van der Waals surface area contributed by atoms with Crippen molar-refractivity contribution in [1.82, 2.24) is 24.6 Å². The number of carbonyl (C=O) groups is 2. The van der Waals surface area contributed by atoms with Gasteiger partial charge < -0.3 is 15.4 Å². The third-order valence-corrected chi connectivity index (χ3v) is 9.11. The van der Waals surface area contributed by atoms with Gasteiger partial charge in [0, 0.05) is 36.8 Å². The van der Waals surface area contributed by atoms with Gasteiger partial charge in [0.2, 0.25) is 0 Å².